The number of carbonyl (C=O) groups excluding carboxylic acids is 2. The number of piperidine rings is 1. The average Bonchev–Trinajstić information content (AvgIpc) is 2.45. The monoisotopic (exact) mass is 276 g/mol. The number of rotatable bonds is 4. The molecule has 1 saturated heterocycles. The standard InChI is InChI=1S/C15H20N2O3/c1-11-4-2-3-9-17(11)14(18)10-20-13-7-5-12(6-8-13)15(16)19/h5-8,11H,2-4,9-10H2,1H3,(H2,16,19). The largest absolute Gasteiger partial charge is 0.484 e. The number of nitrogens with two attached hydrogens (primary N) is 1. The van der Waals surface area contributed by atoms with Gasteiger partial charge in [0.05, 0.1) is 0 Å². The van der Waals surface area contributed by atoms with Crippen LogP contribution in [0.25, 0.3) is 0 Å². The highest BCUT2D eigenvalue weighted by atomic mass is 16.5. The van der Waals surface area contributed by atoms with Gasteiger partial charge in [-0.2, -0.15) is 0 Å². The Hall–Kier alpha value is -2.04. The van der Waals surface area contributed by atoms with Crippen molar-refractivity contribution < 1.29 is 14.3 Å². The van der Waals surface area contributed by atoms with Crippen molar-refractivity contribution in [3.63, 3.8) is 0 Å². The molecule has 1 aliphatic rings. The third-order valence-electron chi connectivity index (χ3n) is 3.62. The Labute approximate surface area is 118 Å². The molecule has 2 rings (SSSR count). The summed E-state index contributed by atoms with van der Waals surface area (Å²) in [6.45, 7) is 2.91. The molecule has 1 aliphatic heterocycles. The molecule has 2 amide bonds. The molecule has 0 aliphatic carbocycles. The number of primary amides is 1. The van der Waals surface area contributed by atoms with Crippen LogP contribution < -0.4 is 10.5 Å². The summed E-state index contributed by atoms with van der Waals surface area (Å²) in [5.74, 6) is 0.0963. The van der Waals surface area contributed by atoms with Gasteiger partial charge >= 0.3 is 0 Å². The summed E-state index contributed by atoms with van der Waals surface area (Å²) < 4.78 is 5.46. The van der Waals surface area contributed by atoms with E-state index in [0.29, 0.717) is 11.3 Å². The molecular formula is C15H20N2O3. The second kappa shape index (κ2) is 6.41. The summed E-state index contributed by atoms with van der Waals surface area (Å²) in [6, 6.07) is 6.76. The molecule has 1 aromatic rings. The summed E-state index contributed by atoms with van der Waals surface area (Å²) in [6.07, 6.45) is 3.29. The molecule has 20 heavy (non-hydrogen) atoms. The van der Waals surface area contributed by atoms with Gasteiger partial charge in [0.15, 0.2) is 6.61 Å². The molecule has 5 nitrogen and oxygen atoms in total. The summed E-state index contributed by atoms with van der Waals surface area (Å²) in [7, 11) is 0. The fourth-order valence-electron chi connectivity index (χ4n) is 2.41. The minimum Gasteiger partial charge on any atom is -0.484 e. The van der Waals surface area contributed by atoms with E-state index in [1.165, 1.54) is 6.42 Å². The second-order valence-electron chi connectivity index (χ2n) is 5.11. The zero-order valence-corrected chi connectivity index (χ0v) is 11.7. The van der Waals surface area contributed by atoms with Crippen LogP contribution >= 0.6 is 0 Å². The van der Waals surface area contributed by atoms with Gasteiger partial charge in [0.25, 0.3) is 5.91 Å². The molecule has 1 heterocycles. The predicted octanol–water partition coefficient (Wildman–Crippen LogP) is 1.57. The first-order valence-electron chi connectivity index (χ1n) is 6.90. The second-order valence-corrected chi connectivity index (χ2v) is 5.11. The van der Waals surface area contributed by atoms with Gasteiger partial charge in [-0.3, -0.25) is 9.59 Å². The van der Waals surface area contributed by atoms with E-state index in [9.17, 15) is 9.59 Å². The van der Waals surface area contributed by atoms with E-state index >= 15 is 0 Å². The molecule has 0 radical (unpaired) electrons. The lowest BCUT2D eigenvalue weighted by Gasteiger charge is -2.33. The first-order chi connectivity index (χ1) is 9.58. The van der Waals surface area contributed by atoms with Crippen molar-refractivity contribution in [3.05, 3.63) is 29.8 Å². The SMILES string of the molecule is CC1CCCCN1C(=O)COc1ccc(C(N)=O)cc1. The number of benzene rings is 1. The van der Waals surface area contributed by atoms with Crippen LogP contribution in [0.4, 0.5) is 0 Å². The van der Waals surface area contributed by atoms with Gasteiger partial charge in [-0.1, -0.05) is 0 Å². The molecule has 0 aromatic heterocycles. The van der Waals surface area contributed by atoms with Gasteiger partial charge in [-0.15, -0.1) is 0 Å². The minimum atomic E-state index is -0.477. The number of hydrogen-bond donors (Lipinski definition) is 1. The Morgan fingerprint density at radius 3 is 2.60 bits per heavy atom. The first-order valence-corrected chi connectivity index (χ1v) is 6.90. The fourth-order valence-corrected chi connectivity index (χ4v) is 2.41. The van der Waals surface area contributed by atoms with Gasteiger partial charge in [0, 0.05) is 18.2 Å². The predicted molar refractivity (Wildman–Crippen MR) is 75.5 cm³/mol. The molecule has 2 N–H and O–H groups in total. The average molecular weight is 276 g/mol. The van der Waals surface area contributed by atoms with Crippen LogP contribution in [0.3, 0.4) is 0 Å². The molecular weight excluding hydrogens is 256 g/mol. The van der Waals surface area contributed by atoms with Crippen LogP contribution in [0.2, 0.25) is 0 Å². The van der Waals surface area contributed by atoms with Crippen LogP contribution in [0, 0.1) is 0 Å². The van der Waals surface area contributed by atoms with Crippen molar-refractivity contribution >= 4 is 11.8 Å². The normalized spacial score (nSPS) is 18.6. The molecule has 1 unspecified atom stereocenters. The summed E-state index contributed by atoms with van der Waals surface area (Å²) >= 11 is 0. The lowest BCUT2D eigenvalue weighted by atomic mass is 10.0. The van der Waals surface area contributed by atoms with Gasteiger partial charge in [-0.05, 0) is 50.5 Å². The Morgan fingerprint density at radius 1 is 1.30 bits per heavy atom. The van der Waals surface area contributed by atoms with E-state index in [0.717, 1.165) is 19.4 Å². The Morgan fingerprint density at radius 2 is 2.00 bits per heavy atom. The molecule has 1 fully saturated rings. The van der Waals surface area contributed by atoms with Crippen LogP contribution in [-0.4, -0.2) is 35.9 Å². The highest BCUT2D eigenvalue weighted by Crippen LogP contribution is 2.17. The van der Waals surface area contributed by atoms with Crippen LogP contribution in [-0.2, 0) is 4.79 Å². The topological polar surface area (TPSA) is 72.6 Å². The number of carbonyl (C=O) groups is 2. The number of likely N-dealkylation sites (tertiary alicyclic amines) is 1. The van der Waals surface area contributed by atoms with Crippen molar-refractivity contribution in [1.82, 2.24) is 4.90 Å². The third-order valence-corrected chi connectivity index (χ3v) is 3.62. The van der Waals surface area contributed by atoms with Gasteiger partial charge in [0.1, 0.15) is 5.75 Å². The fraction of sp³-hybridized carbons (Fsp3) is 0.467. The third kappa shape index (κ3) is 3.50. The highest BCUT2D eigenvalue weighted by Gasteiger charge is 2.23. The van der Waals surface area contributed by atoms with Crippen LogP contribution in [0.15, 0.2) is 24.3 Å². The van der Waals surface area contributed by atoms with Gasteiger partial charge < -0.3 is 15.4 Å². The van der Waals surface area contributed by atoms with Crippen molar-refractivity contribution in [3.8, 4) is 5.75 Å². The molecule has 1 atom stereocenters. The molecule has 0 spiro atoms. The van der Waals surface area contributed by atoms with E-state index in [1.54, 1.807) is 24.3 Å². The van der Waals surface area contributed by atoms with Crippen LogP contribution in [0.1, 0.15) is 36.5 Å². The van der Waals surface area contributed by atoms with E-state index in [2.05, 4.69) is 6.92 Å². The number of amides is 2. The highest BCUT2D eigenvalue weighted by molar-refractivity contribution is 5.92. The number of ether oxygens (including phenoxy) is 1. The van der Waals surface area contributed by atoms with Gasteiger partial charge in [0.2, 0.25) is 5.91 Å². The van der Waals surface area contributed by atoms with E-state index < -0.39 is 5.91 Å². The lowest BCUT2D eigenvalue weighted by Crippen LogP contribution is -2.44. The quantitative estimate of drug-likeness (QED) is 0.907. The van der Waals surface area contributed by atoms with E-state index in [4.69, 9.17) is 10.5 Å². The smallest absolute Gasteiger partial charge is 0.260 e. The Balaban J connectivity index is 1.88. The zero-order chi connectivity index (χ0) is 14.5. The maximum absolute atomic E-state index is 12.1. The van der Waals surface area contributed by atoms with Crippen molar-refractivity contribution in [2.45, 2.75) is 32.2 Å². The minimum absolute atomic E-state index is 0.0103. The number of nitrogens with zero attached hydrogens (tertiary/aromatic N) is 1. The number of hydrogen-bond acceptors (Lipinski definition) is 3. The molecule has 0 bridgehead atoms. The first kappa shape index (κ1) is 14.4. The maximum atomic E-state index is 12.1. The van der Waals surface area contributed by atoms with E-state index in [1.807, 2.05) is 4.90 Å². The maximum Gasteiger partial charge on any atom is 0.260 e. The summed E-state index contributed by atoms with van der Waals surface area (Å²) in [4.78, 5) is 24.9. The molecule has 1 aromatic carbocycles. The van der Waals surface area contributed by atoms with E-state index in [-0.39, 0.29) is 18.6 Å². The molecule has 5 heteroatoms. The van der Waals surface area contributed by atoms with Crippen LogP contribution in [0.5, 0.6) is 5.75 Å². The Kier molecular flexibility index (Phi) is 4.61. The van der Waals surface area contributed by atoms with Crippen molar-refractivity contribution in [1.29, 1.82) is 0 Å². The van der Waals surface area contributed by atoms with Gasteiger partial charge in [-0.25, -0.2) is 0 Å². The lowest BCUT2D eigenvalue weighted by molar-refractivity contribution is -0.136. The van der Waals surface area contributed by atoms with Crippen molar-refractivity contribution in [2.75, 3.05) is 13.2 Å². The van der Waals surface area contributed by atoms with Crippen molar-refractivity contribution in [2.24, 2.45) is 5.73 Å². The Bertz CT molecular complexity index is 484. The zero-order valence-electron chi connectivity index (χ0n) is 11.7. The summed E-state index contributed by atoms with van der Waals surface area (Å²) in [5.41, 5.74) is 5.58. The summed E-state index contributed by atoms with van der Waals surface area (Å²) in [5, 5.41) is 0. The molecule has 0 saturated carbocycles. The molecule has 108 valence electrons.